The van der Waals surface area contributed by atoms with Crippen molar-refractivity contribution in [3.8, 4) is 18.1 Å². The van der Waals surface area contributed by atoms with Crippen LogP contribution in [0.15, 0.2) is 58.1 Å². The van der Waals surface area contributed by atoms with Crippen LogP contribution in [0.25, 0.3) is 0 Å². The Bertz CT molecular complexity index is 633. The van der Waals surface area contributed by atoms with Crippen LogP contribution in [0, 0.1) is 12.3 Å². The monoisotopic (exact) mass is 328 g/mol. The van der Waals surface area contributed by atoms with Crippen LogP contribution in [0.3, 0.4) is 0 Å². The van der Waals surface area contributed by atoms with E-state index in [0.717, 1.165) is 15.7 Å². The molecule has 100 valence electrons. The van der Waals surface area contributed by atoms with Crippen molar-refractivity contribution in [3.05, 3.63) is 58.6 Å². The fourth-order valence-corrected chi connectivity index (χ4v) is 1.94. The molecule has 20 heavy (non-hydrogen) atoms. The van der Waals surface area contributed by atoms with Crippen molar-refractivity contribution < 1.29 is 4.74 Å². The second-order valence-corrected chi connectivity index (χ2v) is 4.83. The van der Waals surface area contributed by atoms with E-state index in [-0.39, 0.29) is 6.61 Å². The molecule has 2 aromatic rings. The quantitative estimate of drug-likeness (QED) is 0.513. The molecule has 0 bridgehead atoms. The Hall–Kier alpha value is -2.25. The van der Waals surface area contributed by atoms with Gasteiger partial charge < -0.3 is 4.74 Å². The van der Waals surface area contributed by atoms with E-state index >= 15 is 0 Å². The van der Waals surface area contributed by atoms with Gasteiger partial charge >= 0.3 is 0 Å². The van der Waals surface area contributed by atoms with E-state index in [1.54, 1.807) is 6.21 Å². The number of terminal acetylenes is 1. The lowest BCUT2D eigenvalue weighted by molar-refractivity contribution is 0.370. The number of halogens is 1. The summed E-state index contributed by atoms with van der Waals surface area (Å²) in [6, 6.07) is 15.4. The summed E-state index contributed by atoms with van der Waals surface area (Å²) in [6.45, 7) is 0.231. The second-order valence-electron chi connectivity index (χ2n) is 3.91. The van der Waals surface area contributed by atoms with Crippen molar-refractivity contribution in [3.63, 3.8) is 0 Å². The van der Waals surface area contributed by atoms with Crippen LogP contribution in [0.2, 0.25) is 0 Å². The van der Waals surface area contributed by atoms with Crippen LogP contribution in [-0.4, -0.2) is 12.8 Å². The van der Waals surface area contributed by atoms with E-state index in [9.17, 15) is 0 Å². The molecule has 0 amide bonds. The summed E-state index contributed by atoms with van der Waals surface area (Å²) >= 11 is 3.42. The lowest BCUT2D eigenvalue weighted by Crippen LogP contribution is -1.98. The first-order valence-electron chi connectivity index (χ1n) is 5.99. The van der Waals surface area contributed by atoms with Gasteiger partial charge in [0.05, 0.1) is 11.9 Å². The number of rotatable bonds is 5. The van der Waals surface area contributed by atoms with Crippen molar-refractivity contribution in [2.24, 2.45) is 5.10 Å². The zero-order chi connectivity index (χ0) is 14.2. The van der Waals surface area contributed by atoms with Gasteiger partial charge in [-0.05, 0) is 30.3 Å². The number of nitrogens with one attached hydrogen (secondary N) is 1. The smallest absolute Gasteiger partial charge is 0.148 e. The number of nitrogens with zero attached hydrogens (tertiary/aromatic N) is 1. The molecule has 4 heteroatoms. The Kier molecular flexibility index (Phi) is 5.22. The van der Waals surface area contributed by atoms with Gasteiger partial charge in [-0.25, -0.2) is 0 Å². The molecule has 1 N–H and O–H groups in total. The summed E-state index contributed by atoms with van der Waals surface area (Å²) in [7, 11) is 0. The number of anilines is 1. The minimum absolute atomic E-state index is 0.231. The number of hydrogen-bond donors (Lipinski definition) is 1. The summed E-state index contributed by atoms with van der Waals surface area (Å²) in [6.07, 6.45) is 6.90. The summed E-state index contributed by atoms with van der Waals surface area (Å²) in [5, 5.41) is 4.19. The van der Waals surface area contributed by atoms with E-state index in [2.05, 4.69) is 32.4 Å². The van der Waals surface area contributed by atoms with E-state index in [1.807, 2.05) is 48.5 Å². The van der Waals surface area contributed by atoms with Crippen LogP contribution in [0.4, 0.5) is 5.69 Å². The molecular weight excluding hydrogens is 316 g/mol. The van der Waals surface area contributed by atoms with E-state index in [0.29, 0.717) is 5.75 Å². The van der Waals surface area contributed by atoms with Crippen LogP contribution in [0.5, 0.6) is 5.75 Å². The third-order valence-electron chi connectivity index (χ3n) is 2.45. The molecule has 2 aromatic carbocycles. The Labute approximate surface area is 126 Å². The molecule has 0 spiro atoms. The van der Waals surface area contributed by atoms with Crippen molar-refractivity contribution >= 4 is 27.8 Å². The number of hydrazone groups is 1. The van der Waals surface area contributed by atoms with Crippen molar-refractivity contribution in [2.75, 3.05) is 12.0 Å². The van der Waals surface area contributed by atoms with Crippen LogP contribution in [-0.2, 0) is 0 Å². The summed E-state index contributed by atoms with van der Waals surface area (Å²) in [5.74, 6) is 3.14. The van der Waals surface area contributed by atoms with Crippen LogP contribution >= 0.6 is 15.9 Å². The average Bonchev–Trinajstić information content (AvgIpc) is 2.47. The number of hydrogen-bond acceptors (Lipinski definition) is 3. The molecule has 0 unspecified atom stereocenters. The Morgan fingerprint density at radius 2 is 2.05 bits per heavy atom. The number of ether oxygens (including phenoxy) is 1. The summed E-state index contributed by atoms with van der Waals surface area (Å²) in [4.78, 5) is 0. The van der Waals surface area contributed by atoms with Gasteiger partial charge in [0.15, 0.2) is 0 Å². The maximum atomic E-state index is 5.47. The Morgan fingerprint density at radius 1 is 1.25 bits per heavy atom. The third kappa shape index (κ3) is 4.15. The fraction of sp³-hybridized carbons (Fsp3) is 0.0625. The predicted molar refractivity (Wildman–Crippen MR) is 86.1 cm³/mol. The molecule has 0 aliphatic heterocycles. The normalized spacial score (nSPS) is 10.2. The summed E-state index contributed by atoms with van der Waals surface area (Å²) in [5.41, 5.74) is 4.72. The SMILES string of the molecule is C#CCOc1ccc(Br)cc1C=NNc1ccccc1. The zero-order valence-corrected chi connectivity index (χ0v) is 12.3. The van der Waals surface area contributed by atoms with E-state index < -0.39 is 0 Å². The molecule has 0 saturated carbocycles. The van der Waals surface area contributed by atoms with E-state index in [4.69, 9.17) is 11.2 Å². The Morgan fingerprint density at radius 3 is 2.80 bits per heavy atom. The predicted octanol–water partition coefficient (Wildman–Crippen LogP) is 3.91. The first-order valence-corrected chi connectivity index (χ1v) is 6.79. The fourth-order valence-electron chi connectivity index (χ4n) is 1.56. The second kappa shape index (κ2) is 7.37. The maximum Gasteiger partial charge on any atom is 0.148 e. The topological polar surface area (TPSA) is 33.6 Å². The van der Waals surface area contributed by atoms with Gasteiger partial charge in [0.2, 0.25) is 0 Å². The zero-order valence-electron chi connectivity index (χ0n) is 10.7. The highest BCUT2D eigenvalue weighted by molar-refractivity contribution is 9.10. The van der Waals surface area contributed by atoms with Crippen molar-refractivity contribution in [1.82, 2.24) is 0 Å². The van der Waals surface area contributed by atoms with Gasteiger partial charge in [0.25, 0.3) is 0 Å². The van der Waals surface area contributed by atoms with Gasteiger partial charge in [-0.1, -0.05) is 40.0 Å². The van der Waals surface area contributed by atoms with E-state index in [1.165, 1.54) is 0 Å². The highest BCUT2D eigenvalue weighted by Gasteiger charge is 2.02. The molecule has 0 aliphatic rings. The molecule has 3 nitrogen and oxygen atoms in total. The molecular formula is C16H13BrN2O. The van der Waals surface area contributed by atoms with Gasteiger partial charge in [0, 0.05) is 10.0 Å². The molecule has 0 heterocycles. The summed E-state index contributed by atoms with van der Waals surface area (Å²) < 4.78 is 6.42. The van der Waals surface area contributed by atoms with Crippen LogP contribution in [0.1, 0.15) is 5.56 Å². The molecule has 0 saturated heterocycles. The minimum atomic E-state index is 0.231. The number of benzene rings is 2. The lowest BCUT2D eigenvalue weighted by Gasteiger charge is -2.06. The molecule has 0 atom stereocenters. The van der Waals surface area contributed by atoms with Crippen molar-refractivity contribution in [2.45, 2.75) is 0 Å². The first-order chi connectivity index (χ1) is 9.79. The van der Waals surface area contributed by atoms with Gasteiger partial charge in [-0.15, -0.1) is 6.42 Å². The third-order valence-corrected chi connectivity index (χ3v) is 2.95. The molecule has 0 aliphatic carbocycles. The Balaban J connectivity index is 2.11. The molecule has 0 aromatic heterocycles. The average molecular weight is 329 g/mol. The van der Waals surface area contributed by atoms with Crippen LogP contribution < -0.4 is 10.2 Å². The van der Waals surface area contributed by atoms with Gasteiger partial charge in [-0.2, -0.15) is 5.10 Å². The lowest BCUT2D eigenvalue weighted by atomic mass is 10.2. The molecule has 0 radical (unpaired) electrons. The highest BCUT2D eigenvalue weighted by atomic mass is 79.9. The molecule has 0 fully saturated rings. The first kappa shape index (κ1) is 14.2. The van der Waals surface area contributed by atoms with Crippen molar-refractivity contribution in [1.29, 1.82) is 0 Å². The molecule has 2 rings (SSSR count). The van der Waals surface area contributed by atoms with Gasteiger partial charge in [-0.3, -0.25) is 5.43 Å². The van der Waals surface area contributed by atoms with Gasteiger partial charge in [0.1, 0.15) is 12.4 Å². The minimum Gasteiger partial charge on any atom is -0.480 e. The number of para-hydroxylation sites is 1. The largest absolute Gasteiger partial charge is 0.480 e. The highest BCUT2D eigenvalue weighted by Crippen LogP contribution is 2.21. The standard InChI is InChI=1S/C16H13BrN2O/c1-2-10-20-16-9-8-14(17)11-13(16)12-18-19-15-6-4-3-5-7-15/h1,3-9,11-12,19H,10H2. The maximum absolute atomic E-state index is 5.47.